The molecule has 0 radical (unpaired) electrons. The maximum Gasteiger partial charge on any atom is 0.364 e. The Balaban J connectivity index is 2.85. The van der Waals surface area contributed by atoms with E-state index >= 15 is 0 Å². The summed E-state index contributed by atoms with van der Waals surface area (Å²) in [6, 6.07) is 6.56. The standard InChI is InChI=1S/C9H7Cl3O3/c1-14-6-4-2-3-5-7(6)15-8(13)9(10,11)12/h2-5H,1H3. The Bertz CT molecular complexity index is 360. The molecule has 0 saturated carbocycles. The van der Waals surface area contributed by atoms with Crippen LogP contribution in [0.1, 0.15) is 0 Å². The number of esters is 1. The Morgan fingerprint density at radius 2 is 1.73 bits per heavy atom. The first-order valence-electron chi connectivity index (χ1n) is 3.87. The van der Waals surface area contributed by atoms with Crippen LogP contribution < -0.4 is 9.47 Å². The van der Waals surface area contributed by atoms with Crippen molar-refractivity contribution in [3.05, 3.63) is 24.3 Å². The number of carbonyl (C=O) groups excluding carboxylic acids is 1. The van der Waals surface area contributed by atoms with E-state index in [4.69, 9.17) is 44.3 Å². The molecule has 0 bridgehead atoms. The Morgan fingerprint density at radius 1 is 1.20 bits per heavy atom. The van der Waals surface area contributed by atoms with Gasteiger partial charge in [-0.3, -0.25) is 0 Å². The smallest absolute Gasteiger partial charge is 0.364 e. The first-order chi connectivity index (χ1) is 6.95. The van der Waals surface area contributed by atoms with Gasteiger partial charge >= 0.3 is 5.97 Å². The monoisotopic (exact) mass is 268 g/mol. The van der Waals surface area contributed by atoms with Crippen LogP contribution in [0.5, 0.6) is 11.5 Å². The van der Waals surface area contributed by atoms with E-state index in [-0.39, 0.29) is 5.75 Å². The van der Waals surface area contributed by atoms with Crippen molar-refractivity contribution in [2.75, 3.05) is 7.11 Å². The van der Waals surface area contributed by atoms with Crippen LogP contribution in [-0.4, -0.2) is 16.9 Å². The molecular weight excluding hydrogens is 262 g/mol. The average Bonchev–Trinajstić information content (AvgIpc) is 2.17. The number of rotatable bonds is 2. The van der Waals surface area contributed by atoms with Gasteiger partial charge in [-0.25, -0.2) is 4.79 Å². The zero-order valence-electron chi connectivity index (χ0n) is 7.67. The summed E-state index contributed by atoms with van der Waals surface area (Å²) in [5.41, 5.74) is 0. The molecule has 0 aliphatic carbocycles. The Labute approximate surface area is 102 Å². The summed E-state index contributed by atoms with van der Waals surface area (Å²) in [5.74, 6) is -0.381. The number of hydrogen-bond acceptors (Lipinski definition) is 3. The highest BCUT2D eigenvalue weighted by atomic mass is 35.6. The molecule has 82 valence electrons. The Kier molecular flexibility index (Phi) is 4.08. The fraction of sp³-hybridized carbons (Fsp3) is 0.222. The minimum atomic E-state index is -2.10. The molecule has 1 aromatic rings. The van der Waals surface area contributed by atoms with Crippen LogP contribution in [0.25, 0.3) is 0 Å². The van der Waals surface area contributed by atoms with Gasteiger partial charge in [0.15, 0.2) is 11.5 Å². The van der Waals surface area contributed by atoms with Crippen molar-refractivity contribution < 1.29 is 14.3 Å². The summed E-state index contributed by atoms with van der Waals surface area (Å²) in [6.45, 7) is 0. The Hall–Kier alpha value is -0.640. The molecule has 0 atom stereocenters. The van der Waals surface area contributed by atoms with Gasteiger partial charge in [-0.05, 0) is 12.1 Å². The predicted molar refractivity (Wildman–Crippen MR) is 58.9 cm³/mol. The molecule has 1 rings (SSSR count). The number of para-hydroxylation sites is 2. The number of hydrogen-bond donors (Lipinski definition) is 0. The fourth-order valence-corrected chi connectivity index (χ4v) is 0.977. The van der Waals surface area contributed by atoms with Gasteiger partial charge in [0.05, 0.1) is 7.11 Å². The van der Waals surface area contributed by atoms with Crippen molar-refractivity contribution in [1.82, 2.24) is 0 Å². The average molecular weight is 270 g/mol. The van der Waals surface area contributed by atoms with Crippen LogP contribution in [0.4, 0.5) is 0 Å². The molecule has 15 heavy (non-hydrogen) atoms. The minimum absolute atomic E-state index is 0.205. The van der Waals surface area contributed by atoms with Crippen LogP contribution in [0.2, 0.25) is 0 Å². The van der Waals surface area contributed by atoms with E-state index in [1.165, 1.54) is 13.2 Å². The van der Waals surface area contributed by atoms with E-state index in [0.717, 1.165) is 0 Å². The van der Waals surface area contributed by atoms with Crippen molar-refractivity contribution in [3.63, 3.8) is 0 Å². The highest BCUT2D eigenvalue weighted by Crippen LogP contribution is 2.32. The van der Waals surface area contributed by atoms with Crippen LogP contribution in [0.15, 0.2) is 24.3 Å². The van der Waals surface area contributed by atoms with Gasteiger partial charge in [0.25, 0.3) is 3.79 Å². The van der Waals surface area contributed by atoms with Crippen molar-refractivity contribution in [1.29, 1.82) is 0 Å². The van der Waals surface area contributed by atoms with Crippen LogP contribution >= 0.6 is 34.8 Å². The molecule has 6 heteroatoms. The molecule has 0 unspecified atom stereocenters. The summed E-state index contributed by atoms with van der Waals surface area (Å²) in [4.78, 5) is 11.2. The lowest BCUT2D eigenvalue weighted by atomic mass is 10.3. The predicted octanol–water partition coefficient (Wildman–Crippen LogP) is 2.97. The maximum absolute atomic E-state index is 11.2. The molecule has 0 fully saturated rings. The number of halogens is 3. The normalized spacial score (nSPS) is 10.9. The molecular formula is C9H7Cl3O3. The molecule has 3 nitrogen and oxygen atoms in total. The SMILES string of the molecule is COc1ccccc1OC(=O)C(Cl)(Cl)Cl. The van der Waals surface area contributed by atoms with Gasteiger partial charge in [-0.15, -0.1) is 0 Å². The lowest BCUT2D eigenvalue weighted by Crippen LogP contribution is -2.24. The minimum Gasteiger partial charge on any atom is -0.493 e. The topological polar surface area (TPSA) is 35.5 Å². The fourth-order valence-electron chi connectivity index (χ4n) is 0.861. The van der Waals surface area contributed by atoms with Gasteiger partial charge in [-0.1, -0.05) is 46.9 Å². The molecule has 0 aliphatic heterocycles. The number of ether oxygens (including phenoxy) is 2. The zero-order valence-corrected chi connectivity index (χ0v) is 9.94. The molecule has 0 N–H and O–H groups in total. The molecule has 1 aromatic carbocycles. The van der Waals surface area contributed by atoms with Gasteiger partial charge in [0, 0.05) is 0 Å². The van der Waals surface area contributed by atoms with Crippen LogP contribution in [0, 0.1) is 0 Å². The number of benzene rings is 1. The van der Waals surface area contributed by atoms with Crippen LogP contribution in [0.3, 0.4) is 0 Å². The summed E-state index contributed by atoms with van der Waals surface area (Å²) >= 11 is 16.0. The summed E-state index contributed by atoms with van der Waals surface area (Å²) in [6.07, 6.45) is 0. The molecule has 0 saturated heterocycles. The summed E-state index contributed by atoms with van der Waals surface area (Å²) < 4.78 is 7.70. The van der Waals surface area contributed by atoms with E-state index in [9.17, 15) is 4.79 Å². The third-order valence-electron chi connectivity index (χ3n) is 1.50. The summed E-state index contributed by atoms with van der Waals surface area (Å²) in [7, 11) is 1.45. The van der Waals surface area contributed by atoms with E-state index in [1.54, 1.807) is 18.2 Å². The first kappa shape index (κ1) is 12.4. The molecule has 0 heterocycles. The van der Waals surface area contributed by atoms with E-state index in [2.05, 4.69) is 0 Å². The van der Waals surface area contributed by atoms with Crippen molar-refractivity contribution in [3.8, 4) is 11.5 Å². The number of alkyl halides is 3. The summed E-state index contributed by atoms with van der Waals surface area (Å²) in [5, 5.41) is 0. The van der Waals surface area contributed by atoms with Gasteiger partial charge in [-0.2, -0.15) is 0 Å². The second-order valence-corrected chi connectivity index (χ2v) is 4.82. The molecule has 0 aliphatic rings. The Morgan fingerprint density at radius 3 is 2.20 bits per heavy atom. The van der Waals surface area contributed by atoms with Gasteiger partial charge in [0.2, 0.25) is 0 Å². The van der Waals surface area contributed by atoms with Crippen molar-refractivity contribution in [2.45, 2.75) is 3.79 Å². The first-order valence-corrected chi connectivity index (χ1v) is 5.00. The number of methoxy groups -OCH3 is 1. The van der Waals surface area contributed by atoms with Gasteiger partial charge < -0.3 is 9.47 Å². The highest BCUT2D eigenvalue weighted by Gasteiger charge is 2.33. The molecule has 0 spiro atoms. The lowest BCUT2D eigenvalue weighted by Gasteiger charge is -2.12. The highest BCUT2D eigenvalue weighted by molar-refractivity contribution is 6.75. The quantitative estimate of drug-likeness (QED) is 0.470. The van der Waals surface area contributed by atoms with E-state index in [1.807, 2.05) is 0 Å². The van der Waals surface area contributed by atoms with Crippen LogP contribution in [-0.2, 0) is 4.79 Å². The third-order valence-corrected chi connectivity index (χ3v) is 1.97. The zero-order chi connectivity index (χ0) is 11.5. The molecule has 0 amide bonds. The van der Waals surface area contributed by atoms with Crippen molar-refractivity contribution in [2.24, 2.45) is 0 Å². The largest absolute Gasteiger partial charge is 0.493 e. The second-order valence-electron chi connectivity index (χ2n) is 2.54. The maximum atomic E-state index is 11.2. The molecule has 0 aromatic heterocycles. The van der Waals surface area contributed by atoms with E-state index < -0.39 is 9.76 Å². The number of carbonyl (C=O) groups is 1. The van der Waals surface area contributed by atoms with Crippen molar-refractivity contribution >= 4 is 40.8 Å². The third kappa shape index (κ3) is 3.45. The van der Waals surface area contributed by atoms with Gasteiger partial charge in [0.1, 0.15) is 0 Å². The lowest BCUT2D eigenvalue weighted by molar-refractivity contribution is -0.133. The second kappa shape index (κ2) is 4.92. The van der Waals surface area contributed by atoms with E-state index in [0.29, 0.717) is 5.75 Å².